The van der Waals surface area contributed by atoms with Gasteiger partial charge < -0.3 is 10.8 Å². The Balaban J connectivity index is 2.80. The molecule has 0 fully saturated rings. The SMILES string of the molecule is CN(Cc1ccc(F)c(C(N)=S)c1)CC(C)(C)O. The van der Waals surface area contributed by atoms with Crippen molar-refractivity contribution in [3.8, 4) is 0 Å². The first-order valence-electron chi connectivity index (χ1n) is 5.68. The van der Waals surface area contributed by atoms with Crippen molar-refractivity contribution in [2.75, 3.05) is 13.6 Å². The molecule has 0 atom stereocenters. The van der Waals surface area contributed by atoms with E-state index in [1.54, 1.807) is 26.0 Å². The predicted octanol–water partition coefficient (Wildman–Crippen LogP) is 1.66. The smallest absolute Gasteiger partial charge is 0.133 e. The highest BCUT2D eigenvalue weighted by molar-refractivity contribution is 7.80. The first kappa shape index (κ1) is 15.0. The molecule has 0 unspecified atom stereocenters. The second-order valence-electron chi connectivity index (χ2n) is 5.16. The zero-order valence-electron chi connectivity index (χ0n) is 10.9. The largest absolute Gasteiger partial charge is 0.389 e. The number of benzene rings is 1. The zero-order valence-corrected chi connectivity index (χ0v) is 11.7. The van der Waals surface area contributed by atoms with E-state index in [0.717, 1.165) is 5.56 Å². The van der Waals surface area contributed by atoms with Crippen molar-refractivity contribution in [2.24, 2.45) is 5.73 Å². The average molecular weight is 270 g/mol. The third-order valence-electron chi connectivity index (χ3n) is 2.41. The van der Waals surface area contributed by atoms with E-state index in [1.165, 1.54) is 6.07 Å². The lowest BCUT2D eigenvalue weighted by Gasteiger charge is -2.25. The van der Waals surface area contributed by atoms with Crippen molar-refractivity contribution in [3.63, 3.8) is 0 Å². The molecule has 1 aromatic rings. The summed E-state index contributed by atoms with van der Waals surface area (Å²) in [4.78, 5) is 2.01. The van der Waals surface area contributed by atoms with Crippen molar-refractivity contribution in [1.82, 2.24) is 4.90 Å². The van der Waals surface area contributed by atoms with Crippen LogP contribution in [0.4, 0.5) is 4.39 Å². The third-order valence-corrected chi connectivity index (χ3v) is 2.63. The molecule has 0 amide bonds. The van der Waals surface area contributed by atoms with Gasteiger partial charge in [-0.1, -0.05) is 18.3 Å². The van der Waals surface area contributed by atoms with Gasteiger partial charge in [0.2, 0.25) is 0 Å². The summed E-state index contributed by atoms with van der Waals surface area (Å²) in [6.07, 6.45) is 0. The van der Waals surface area contributed by atoms with Gasteiger partial charge >= 0.3 is 0 Å². The summed E-state index contributed by atoms with van der Waals surface area (Å²) in [5.74, 6) is -0.406. The molecule has 18 heavy (non-hydrogen) atoms. The lowest BCUT2D eigenvalue weighted by Crippen LogP contribution is -2.35. The Kier molecular flexibility index (Phi) is 4.78. The number of hydrogen-bond donors (Lipinski definition) is 2. The minimum absolute atomic E-state index is 0.0551. The Hall–Kier alpha value is -1.04. The number of thiocarbonyl (C=S) groups is 1. The minimum Gasteiger partial charge on any atom is -0.389 e. The Labute approximate surface area is 112 Å². The number of likely N-dealkylation sites (N-methyl/N-ethyl adjacent to an activating group) is 1. The van der Waals surface area contributed by atoms with E-state index in [9.17, 15) is 9.50 Å². The van der Waals surface area contributed by atoms with E-state index in [0.29, 0.717) is 13.1 Å². The molecule has 0 bridgehead atoms. The Morgan fingerprint density at radius 3 is 2.61 bits per heavy atom. The fourth-order valence-corrected chi connectivity index (χ4v) is 2.04. The first-order valence-corrected chi connectivity index (χ1v) is 6.09. The molecule has 3 N–H and O–H groups in total. The van der Waals surface area contributed by atoms with Gasteiger partial charge in [-0.2, -0.15) is 0 Å². The molecule has 1 aromatic carbocycles. The van der Waals surface area contributed by atoms with Gasteiger partial charge in [0.25, 0.3) is 0 Å². The monoisotopic (exact) mass is 270 g/mol. The summed E-state index contributed by atoms with van der Waals surface area (Å²) in [6, 6.07) is 4.71. The molecular weight excluding hydrogens is 251 g/mol. The van der Waals surface area contributed by atoms with Gasteiger partial charge in [-0.15, -0.1) is 0 Å². The van der Waals surface area contributed by atoms with Crippen LogP contribution >= 0.6 is 12.2 Å². The van der Waals surface area contributed by atoms with E-state index in [-0.39, 0.29) is 10.6 Å². The number of hydrogen-bond acceptors (Lipinski definition) is 3. The highest BCUT2D eigenvalue weighted by atomic mass is 32.1. The summed E-state index contributed by atoms with van der Waals surface area (Å²) in [5.41, 5.74) is 5.86. The van der Waals surface area contributed by atoms with Gasteiger partial charge in [0, 0.05) is 18.7 Å². The van der Waals surface area contributed by atoms with Crippen molar-refractivity contribution in [2.45, 2.75) is 26.0 Å². The Morgan fingerprint density at radius 2 is 2.11 bits per heavy atom. The van der Waals surface area contributed by atoms with Crippen LogP contribution in [0.25, 0.3) is 0 Å². The molecule has 0 saturated heterocycles. The summed E-state index contributed by atoms with van der Waals surface area (Å²) in [7, 11) is 1.89. The second kappa shape index (κ2) is 5.73. The highest BCUT2D eigenvalue weighted by Crippen LogP contribution is 2.13. The topological polar surface area (TPSA) is 49.5 Å². The number of rotatable bonds is 5. The van der Waals surface area contributed by atoms with Gasteiger partial charge in [0.1, 0.15) is 10.8 Å². The summed E-state index contributed by atoms with van der Waals surface area (Å²) < 4.78 is 13.4. The fourth-order valence-electron chi connectivity index (χ4n) is 1.89. The maximum absolute atomic E-state index is 13.4. The van der Waals surface area contributed by atoms with E-state index in [4.69, 9.17) is 18.0 Å². The quantitative estimate of drug-likeness (QED) is 0.799. The molecule has 100 valence electrons. The first-order chi connectivity index (χ1) is 8.19. The van der Waals surface area contributed by atoms with Gasteiger partial charge in [-0.05, 0) is 38.6 Å². The molecule has 5 heteroatoms. The van der Waals surface area contributed by atoms with Crippen molar-refractivity contribution >= 4 is 17.2 Å². The summed E-state index contributed by atoms with van der Waals surface area (Å²) >= 11 is 4.79. The molecule has 0 aromatic heterocycles. The summed E-state index contributed by atoms with van der Waals surface area (Å²) in [6.45, 7) is 4.61. The Morgan fingerprint density at radius 1 is 1.50 bits per heavy atom. The van der Waals surface area contributed by atoms with Crippen LogP contribution < -0.4 is 5.73 Å². The van der Waals surface area contributed by atoms with Crippen molar-refractivity contribution in [1.29, 1.82) is 0 Å². The van der Waals surface area contributed by atoms with Crippen LogP contribution in [0.15, 0.2) is 18.2 Å². The average Bonchev–Trinajstić information content (AvgIpc) is 2.17. The molecule has 3 nitrogen and oxygen atoms in total. The molecular formula is C13H19FN2OS. The highest BCUT2D eigenvalue weighted by Gasteiger charge is 2.16. The van der Waals surface area contributed by atoms with E-state index in [2.05, 4.69) is 0 Å². The molecule has 0 aliphatic carbocycles. The predicted molar refractivity (Wildman–Crippen MR) is 74.9 cm³/mol. The maximum atomic E-state index is 13.4. The van der Waals surface area contributed by atoms with Crippen LogP contribution in [0.2, 0.25) is 0 Å². The maximum Gasteiger partial charge on any atom is 0.133 e. The number of aliphatic hydroxyl groups is 1. The molecule has 0 heterocycles. The zero-order chi connectivity index (χ0) is 13.9. The van der Waals surface area contributed by atoms with Crippen molar-refractivity contribution < 1.29 is 9.50 Å². The van der Waals surface area contributed by atoms with Gasteiger partial charge in [0.15, 0.2) is 0 Å². The molecule has 1 rings (SSSR count). The van der Waals surface area contributed by atoms with E-state index in [1.807, 2.05) is 11.9 Å². The van der Waals surface area contributed by atoms with Crippen molar-refractivity contribution in [3.05, 3.63) is 35.1 Å². The minimum atomic E-state index is -0.763. The molecule has 0 aliphatic heterocycles. The number of halogens is 1. The lowest BCUT2D eigenvalue weighted by atomic mass is 10.1. The molecule has 0 aliphatic rings. The third kappa shape index (κ3) is 4.68. The Bertz CT molecular complexity index is 443. The number of nitrogens with zero attached hydrogens (tertiary/aromatic N) is 1. The molecule has 0 saturated carbocycles. The summed E-state index contributed by atoms with van der Waals surface area (Å²) in [5, 5.41) is 9.71. The fraction of sp³-hybridized carbons (Fsp3) is 0.462. The standard InChI is InChI=1S/C13H19FN2OS/c1-13(2,17)8-16(3)7-9-4-5-11(14)10(6-9)12(15)18/h4-6,17H,7-8H2,1-3H3,(H2,15,18). The van der Waals surface area contributed by atoms with Crippen LogP contribution in [0.5, 0.6) is 0 Å². The van der Waals surface area contributed by atoms with Crippen LogP contribution in [0, 0.1) is 5.82 Å². The van der Waals surface area contributed by atoms with Crippen LogP contribution in [-0.2, 0) is 6.54 Å². The van der Waals surface area contributed by atoms with E-state index >= 15 is 0 Å². The van der Waals surface area contributed by atoms with Crippen LogP contribution in [-0.4, -0.2) is 34.2 Å². The normalized spacial score (nSPS) is 11.9. The lowest BCUT2D eigenvalue weighted by molar-refractivity contribution is 0.0425. The number of nitrogens with two attached hydrogens (primary N) is 1. The van der Waals surface area contributed by atoms with Crippen LogP contribution in [0.3, 0.4) is 0 Å². The van der Waals surface area contributed by atoms with Crippen LogP contribution in [0.1, 0.15) is 25.0 Å². The molecule has 0 radical (unpaired) electrons. The van der Waals surface area contributed by atoms with Gasteiger partial charge in [0.05, 0.1) is 5.60 Å². The molecule has 0 spiro atoms. The van der Waals surface area contributed by atoms with Gasteiger partial charge in [-0.3, -0.25) is 4.90 Å². The second-order valence-corrected chi connectivity index (χ2v) is 5.60. The van der Waals surface area contributed by atoms with Gasteiger partial charge in [-0.25, -0.2) is 4.39 Å². The van der Waals surface area contributed by atoms with E-state index < -0.39 is 11.4 Å².